The molecule has 1 heterocycles. The van der Waals surface area contributed by atoms with Gasteiger partial charge in [0.05, 0.1) is 6.42 Å². The van der Waals surface area contributed by atoms with E-state index >= 15 is 0 Å². The second-order valence-corrected chi connectivity index (χ2v) is 6.91. The van der Waals surface area contributed by atoms with Crippen LogP contribution in [0.2, 0.25) is 0 Å². The molecular weight excluding hydrogens is 364 g/mol. The molecule has 4 heteroatoms. The lowest BCUT2D eigenvalue weighted by atomic mass is 10.0. The summed E-state index contributed by atoms with van der Waals surface area (Å²) in [5.74, 6) is 1.66. The molecule has 3 nitrogen and oxygen atoms in total. The first-order valence-corrected chi connectivity index (χ1v) is 8.74. The summed E-state index contributed by atoms with van der Waals surface area (Å²) in [5, 5.41) is 8.20. The Hall–Kier alpha value is -2.20. The molecule has 0 fully saturated rings. The molecule has 122 valence electrons. The molecule has 0 atom stereocenters. The highest BCUT2D eigenvalue weighted by molar-refractivity contribution is 9.10. The van der Waals surface area contributed by atoms with Gasteiger partial charge in [-0.3, -0.25) is 0 Å². The van der Waals surface area contributed by atoms with E-state index in [1.807, 2.05) is 36.4 Å². The number of hydrogen-bond donors (Lipinski definition) is 0. The van der Waals surface area contributed by atoms with Gasteiger partial charge in [0.25, 0.3) is 0 Å². The first-order chi connectivity index (χ1) is 11.6. The van der Waals surface area contributed by atoms with E-state index in [-0.39, 0.29) is 0 Å². The summed E-state index contributed by atoms with van der Waals surface area (Å²) < 4.78 is 6.76. The highest BCUT2D eigenvalue weighted by atomic mass is 79.9. The van der Waals surface area contributed by atoms with Gasteiger partial charge in [0.1, 0.15) is 0 Å². The van der Waals surface area contributed by atoms with Gasteiger partial charge in [-0.2, -0.15) is 0 Å². The molecule has 0 aliphatic rings. The third kappa shape index (κ3) is 4.42. The quantitative estimate of drug-likeness (QED) is 0.566. The van der Waals surface area contributed by atoms with Crippen LogP contribution >= 0.6 is 15.9 Å². The van der Waals surface area contributed by atoms with E-state index in [2.05, 4.69) is 64.2 Å². The predicted octanol–water partition coefficient (Wildman–Crippen LogP) is 5.72. The molecule has 0 unspecified atom stereocenters. The lowest BCUT2D eigenvalue weighted by Gasteiger charge is -2.05. The topological polar surface area (TPSA) is 38.9 Å². The van der Waals surface area contributed by atoms with Gasteiger partial charge in [-0.15, -0.1) is 10.2 Å². The highest BCUT2D eigenvalue weighted by Gasteiger charge is 2.05. The van der Waals surface area contributed by atoms with Crippen molar-refractivity contribution >= 4 is 28.1 Å². The molecule has 0 amide bonds. The smallest absolute Gasteiger partial charge is 0.240 e. The maximum Gasteiger partial charge on any atom is 0.240 e. The van der Waals surface area contributed by atoms with Gasteiger partial charge in [-0.05, 0) is 40.8 Å². The number of nitrogens with zero attached hydrogens (tertiary/aromatic N) is 2. The molecule has 0 radical (unpaired) electrons. The fourth-order valence-corrected chi connectivity index (χ4v) is 2.64. The molecule has 0 spiro atoms. The third-order valence-corrected chi connectivity index (χ3v) is 4.28. The van der Waals surface area contributed by atoms with Crippen LogP contribution in [-0.2, 0) is 6.42 Å². The summed E-state index contributed by atoms with van der Waals surface area (Å²) >= 11 is 3.43. The molecule has 0 bridgehead atoms. The van der Waals surface area contributed by atoms with Crippen molar-refractivity contribution < 1.29 is 4.42 Å². The van der Waals surface area contributed by atoms with Crippen LogP contribution in [0.3, 0.4) is 0 Å². The van der Waals surface area contributed by atoms with Crippen LogP contribution in [0.4, 0.5) is 0 Å². The van der Waals surface area contributed by atoms with Crippen LogP contribution in [0.25, 0.3) is 12.2 Å². The summed E-state index contributed by atoms with van der Waals surface area (Å²) in [7, 11) is 0. The van der Waals surface area contributed by atoms with Crippen molar-refractivity contribution in [3.05, 3.63) is 81.5 Å². The average Bonchev–Trinajstić information content (AvgIpc) is 3.03. The zero-order valence-corrected chi connectivity index (χ0v) is 15.3. The Morgan fingerprint density at radius 3 is 2.58 bits per heavy atom. The molecule has 0 saturated carbocycles. The molecule has 0 N–H and O–H groups in total. The van der Waals surface area contributed by atoms with E-state index in [0.717, 1.165) is 15.6 Å². The highest BCUT2D eigenvalue weighted by Crippen LogP contribution is 2.18. The number of rotatable bonds is 5. The van der Waals surface area contributed by atoms with Crippen LogP contribution in [0.1, 0.15) is 48.2 Å². The van der Waals surface area contributed by atoms with Crippen molar-refractivity contribution in [1.82, 2.24) is 10.2 Å². The van der Waals surface area contributed by atoms with Crippen molar-refractivity contribution in [3.8, 4) is 0 Å². The van der Waals surface area contributed by atoms with Gasteiger partial charge in [-0.25, -0.2) is 0 Å². The number of hydrogen-bond acceptors (Lipinski definition) is 3. The maximum atomic E-state index is 5.70. The lowest BCUT2D eigenvalue weighted by molar-refractivity contribution is 0.496. The van der Waals surface area contributed by atoms with Crippen molar-refractivity contribution in [3.63, 3.8) is 0 Å². The molecular formula is C20H19BrN2O. The largest absolute Gasteiger partial charge is 0.421 e. The first kappa shape index (κ1) is 16.7. The van der Waals surface area contributed by atoms with Crippen LogP contribution in [0.15, 0.2) is 57.4 Å². The van der Waals surface area contributed by atoms with E-state index in [1.165, 1.54) is 5.56 Å². The maximum absolute atomic E-state index is 5.70. The minimum atomic E-state index is 0.513. The van der Waals surface area contributed by atoms with Crippen LogP contribution in [0, 0.1) is 0 Å². The third-order valence-electron chi connectivity index (χ3n) is 3.75. The van der Waals surface area contributed by atoms with Crippen LogP contribution in [0.5, 0.6) is 0 Å². The summed E-state index contributed by atoms with van der Waals surface area (Å²) in [6.45, 7) is 4.38. The summed E-state index contributed by atoms with van der Waals surface area (Å²) in [6.07, 6.45) is 4.50. The molecule has 2 aromatic carbocycles. The van der Waals surface area contributed by atoms with E-state index in [0.29, 0.717) is 24.1 Å². The Labute approximate surface area is 150 Å². The van der Waals surface area contributed by atoms with E-state index < -0.39 is 0 Å². The summed E-state index contributed by atoms with van der Waals surface area (Å²) in [6, 6.07) is 16.6. The molecule has 0 aliphatic carbocycles. The number of benzene rings is 2. The molecule has 3 rings (SSSR count). The summed E-state index contributed by atoms with van der Waals surface area (Å²) in [4.78, 5) is 0. The molecule has 1 aromatic heterocycles. The Morgan fingerprint density at radius 2 is 1.83 bits per heavy atom. The first-order valence-electron chi connectivity index (χ1n) is 7.95. The second-order valence-electron chi connectivity index (χ2n) is 6.00. The standard InChI is InChI=1S/C20H19BrN2O/c1-14(2)17-5-3-4-15(12-17)8-11-19-22-23-20(24-19)13-16-6-9-18(21)10-7-16/h3-12,14H,13H2,1-2H3/b11-8+. The Kier molecular flexibility index (Phi) is 5.26. The fourth-order valence-electron chi connectivity index (χ4n) is 2.37. The minimum absolute atomic E-state index is 0.513. The zero-order valence-electron chi connectivity index (χ0n) is 13.7. The predicted molar refractivity (Wildman–Crippen MR) is 101 cm³/mol. The molecule has 0 saturated heterocycles. The van der Waals surface area contributed by atoms with E-state index in [9.17, 15) is 0 Å². The average molecular weight is 383 g/mol. The van der Waals surface area contributed by atoms with Crippen molar-refractivity contribution in [1.29, 1.82) is 0 Å². The van der Waals surface area contributed by atoms with Crippen LogP contribution < -0.4 is 0 Å². The SMILES string of the molecule is CC(C)c1cccc(/C=C/c2nnc(Cc3ccc(Br)cc3)o2)c1. The van der Waals surface area contributed by atoms with Gasteiger partial charge in [0, 0.05) is 10.5 Å². The van der Waals surface area contributed by atoms with Gasteiger partial charge in [-0.1, -0.05) is 66.2 Å². The molecule has 3 aromatic rings. The van der Waals surface area contributed by atoms with Crippen molar-refractivity contribution in [2.24, 2.45) is 0 Å². The summed E-state index contributed by atoms with van der Waals surface area (Å²) in [5.41, 5.74) is 3.59. The van der Waals surface area contributed by atoms with Crippen LogP contribution in [-0.4, -0.2) is 10.2 Å². The Balaban J connectivity index is 1.69. The lowest BCUT2D eigenvalue weighted by Crippen LogP contribution is -1.87. The van der Waals surface area contributed by atoms with E-state index in [1.54, 1.807) is 0 Å². The molecule has 24 heavy (non-hydrogen) atoms. The van der Waals surface area contributed by atoms with Gasteiger partial charge in [0.15, 0.2) is 0 Å². The normalized spacial score (nSPS) is 11.5. The monoisotopic (exact) mass is 382 g/mol. The second kappa shape index (κ2) is 7.58. The zero-order chi connectivity index (χ0) is 16.9. The van der Waals surface area contributed by atoms with Gasteiger partial charge >= 0.3 is 0 Å². The van der Waals surface area contributed by atoms with Crippen molar-refractivity contribution in [2.45, 2.75) is 26.2 Å². The van der Waals surface area contributed by atoms with Gasteiger partial charge < -0.3 is 4.42 Å². The van der Waals surface area contributed by atoms with Gasteiger partial charge in [0.2, 0.25) is 11.8 Å². The van der Waals surface area contributed by atoms with Crippen molar-refractivity contribution in [2.75, 3.05) is 0 Å². The van der Waals surface area contributed by atoms with E-state index in [4.69, 9.17) is 4.42 Å². The number of aromatic nitrogens is 2. The Morgan fingerprint density at radius 1 is 1.04 bits per heavy atom. The number of halogens is 1. The Bertz CT molecular complexity index is 835. The minimum Gasteiger partial charge on any atom is -0.421 e. The molecule has 0 aliphatic heterocycles. The fraction of sp³-hybridized carbons (Fsp3) is 0.200.